The molecular formula is C15H18N4O2S2. The third-order valence-corrected chi connectivity index (χ3v) is 5.85. The van der Waals surface area contributed by atoms with Crippen molar-refractivity contribution in [1.29, 1.82) is 0 Å². The van der Waals surface area contributed by atoms with Crippen molar-refractivity contribution in [3.05, 3.63) is 26.6 Å². The fourth-order valence-electron chi connectivity index (χ4n) is 2.74. The van der Waals surface area contributed by atoms with Crippen LogP contribution in [0.2, 0.25) is 0 Å². The molecule has 0 fully saturated rings. The quantitative estimate of drug-likeness (QED) is 0.888. The summed E-state index contributed by atoms with van der Waals surface area (Å²) >= 11 is 2.59. The molecule has 0 radical (unpaired) electrons. The number of nitrogens with one attached hydrogen (secondary N) is 2. The summed E-state index contributed by atoms with van der Waals surface area (Å²) in [6.45, 7) is 4.21. The van der Waals surface area contributed by atoms with Crippen LogP contribution in [0.4, 0.5) is 5.00 Å². The minimum absolute atomic E-state index is 0.110. The molecule has 2 heterocycles. The highest BCUT2D eigenvalue weighted by Gasteiger charge is 2.27. The van der Waals surface area contributed by atoms with Crippen molar-refractivity contribution in [2.75, 3.05) is 11.9 Å². The van der Waals surface area contributed by atoms with Crippen molar-refractivity contribution in [1.82, 2.24) is 14.9 Å². The molecule has 0 saturated carbocycles. The molecule has 3 rings (SSSR count). The number of amides is 2. The Hall–Kier alpha value is -1.80. The van der Waals surface area contributed by atoms with Gasteiger partial charge in [-0.3, -0.25) is 9.59 Å². The van der Waals surface area contributed by atoms with Crippen molar-refractivity contribution in [3.63, 3.8) is 0 Å². The van der Waals surface area contributed by atoms with E-state index in [1.165, 1.54) is 16.2 Å². The highest BCUT2D eigenvalue weighted by molar-refractivity contribution is 7.17. The van der Waals surface area contributed by atoms with Crippen molar-refractivity contribution >= 4 is 39.7 Å². The number of carbonyl (C=O) groups excluding carboxylic acids is 2. The Labute approximate surface area is 142 Å². The Morgan fingerprint density at radius 2 is 2.00 bits per heavy atom. The molecule has 2 aromatic heterocycles. The Kier molecular flexibility index (Phi) is 4.72. The van der Waals surface area contributed by atoms with Gasteiger partial charge in [0.2, 0.25) is 0 Å². The van der Waals surface area contributed by atoms with Crippen LogP contribution in [-0.4, -0.2) is 27.9 Å². The van der Waals surface area contributed by atoms with Crippen molar-refractivity contribution in [3.8, 4) is 0 Å². The summed E-state index contributed by atoms with van der Waals surface area (Å²) < 4.78 is 3.79. The SMILES string of the molecule is CCNC(=O)c1c(NC(=O)c2snnc2C)sc2c1CCCC2. The van der Waals surface area contributed by atoms with Crippen LogP contribution < -0.4 is 10.6 Å². The molecule has 2 amide bonds. The van der Waals surface area contributed by atoms with Gasteiger partial charge in [0.15, 0.2) is 0 Å². The zero-order valence-electron chi connectivity index (χ0n) is 13.1. The minimum atomic E-state index is -0.248. The van der Waals surface area contributed by atoms with Crippen LogP contribution in [0.3, 0.4) is 0 Å². The number of aryl methyl sites for hydroxylation is 2. The third kappa shape index (κ3) is 3.13. The van der Waals surface area contributed by atoms with Gasteiger partial charge in [-0.25, -0.2) is 0 Å². The fourth-order valence-corrected chi connectivity index (χ4v) is 4.58. The third-order valence-electron chi connectivity index (χ3n) is 3.82. The Morgan fingerprint density at radius 1 is 1.22 bits per heavy atom. The van der Waals surface area contributed by atoms with Gasteiger partial charge in [-0.1, -0.05) is 4.49 Å². The van der Waals surface area contributed by atoms with Crippen LogP contribution >= 0.6 is 22.9 Å². The average molecular weight is 350 g/mol. The Morgan fingerprint density at radius 3 is 2.70 bits per heavy atom. The number of fused-ring (bicyclic) bond motifs is 1. The van der Waals surface area contributed by atoms with Gasteiger partial charge in [0, 0.05) is 11.4 Å². The Bertz CT molecular complexity index is 751. The molecule has 6 nitrogen and oxygen atoms in total. The maximum absolute atomic E-state index is 12.5. The minimum Gasteiger partial charge on any atom is -0.352 e. The molecule has 2 aromatic rings. The molecule has 1 aliphatic carbocycles. The zero-order valence-corrected chi connectivity index (χ0v) is 14.7. The van der Waals surface area contributed by atoms with E-state index >= 15 is 0 Å². The van der Waals surface area contributed by atoms with Gasteiger partial charge in [0.05, 0.1) is 11.3 Å². The highest BCUT2D eigenvalue weighted by Crippen LogP contribution is 2.38. The fraction of sp³-hybridized carbons (Fsp3) is 0.467. The molecule has 23 heavy (non-hydrogen) atoms. The van der Waals surface area contributed by atoms with E-state index in [2.05, 4.69) is 20.2 Å². The lowest BCUT2D eigenvalue weighted by molar-refractivity contribution is 0.0956. The van der Waals surface area contributed by atoms with Crippen LogP contribution in [0.15, 0.2) is 0 Å². The first kappa shape index (κ1) is 16.1. The van der Waals surface area contributed by atoms with Crippen LogP contribution in [0, 0.1) is 6.92 Å². The van der Waals surface area contributed by atoms with E-state index in [0.29, 0.717) is 27.7 Å². The molecule has 0 aromatic carbocycles. The number of anilines is 1. The van der Waals surface area contributed by atoms with Gasteiger partial charge in [0.25, 0.3) is 11.8 Å². The molecule has 1 aliphatic rings. The molecule has 0 unspecified atom stereocenters. The first-order chi connectivity index (χ1) is 11.1. The van der Waals surface area contributed by atoms with Gasteiger partial charge < -0.3 is 10.6 Å². The second kappa shape index (κ2) is 6.76. The summed E-state index contributed by atoms with van der Waals surface area (Å²) in [5.41, 5.74) is 2.34. The van der Waals surface area contributed by atoms with E-state index in [4.69, 9.17) is 0 Å². The number of hydrogen-bond acceptors (Lipinski definition) is 6. The van der Waals surface area contributed by atoms with E-state index in [1.54, 1.807) is 6.92 Å². The summed E-state index contributed by atoms with van der Waals surface area (Å²) in [5.74, 6) is -0.358. The molecule has 8 heteroatoms. The molecule has 0 saturated heterocycles. The van der Waals surface area contributed by atoms with Crippen LogP contribution in [0.1, 0.15) is 55.9 Å². The first-order valence-corrected chi connectivity index (χ1v) is 9.23. The summed E-state index contributed by atoms with van der Waals surface area (Å²) in [6.07, 6.45) is 4.09. The van der Waals surface area contributed by atoms with E-state index < -0.39 is 0 Å². The van der Waals surface area contributed by atoms with E-state index in [0.717, 1.165) is 42.8 Å². The summed E-state index contributed by atoms with van der Waals surface area (Å²) in [7, 11) is 0. The second-order valence-electron chi connectivity index (χ2n) is 5.42. The number of thiophene rings is 1. The monoisotopic (exact) mass is 350 g/mol. The zero-order chi connectivity index (χ0) is 16.4. The smallest absolute Gasteiger partial charge is 0.269 e. The first-order valence-electron chi connectivity index (χ1n) is 7.64. The van der Waals surface area contributed by atoms with Crippen LogP contribution in [0.5, 0.6) is 0 Å². The van der Waals surface area contributed by atoms with Gasteiger partial charge >= 0.3 is 0 Å². The topological polar surface area (TPSA) is 84.0 Å². The van der Waals surface area contributed by atoms with E-state index in [9.17, 15) is 9.59 Å². The highest BCUT2D eigenvalue weighted by atomic mass is 32.1. The van der Waals surface area contributed by atoms with Crippen molar-refractivity contribution < 1.29 is 9.59 Å². The Balaban J connectivity index is 1.95. The van der Waals surface area contributed by atoms with E-state index in [1.807, 2.05) is 6.92 Å². The van der Waals surface area contributed by atoms with Crippen LogP contribution in [-0.2, 0) is 12.8 Å². The molecule has 122 valence electrons. The number of rotatable bonds is 4. The molecule has 0 spiro atoms. The molecule has 0 atom stereocenters. The van der Waals surface area contributed by atoms with Crippen LogP contribution in [0.25, 0.3) is 0 Å². The molecule has 2 N–H and O–H groups in total. The average Bonchev–Trinajstić information content (AvgIpc) is 3.10. The van der Waals surface area contributed by atoms with E-state index in [-0.39, 0.29) is 11.8 Å². The normalized spacial score (nSPS) is 13.5. The van der Waals surface area contributed by atoms with Gasteiger partial charge in [-0.05, 0) is 56.6 Å². The molecular weight excluding hydrogens is 332 g/mol. The lowest BCUT2D eigenvalue weighted by Crippen LogP contribution is -2.25. The largest absolute Gasteiger partial charge is 0.352 e. The standard InChI is InChI=1S/C15H18N4O2S2/c1-3-16-13(20)11-9-6-4-5-7-10(9)22-15(11)17-14(21)12-8(2)18-19-23-12/h3-7H2,1-2H3,(H,16,20)(H,17,21). The van der Waals surface area contributed by atoms with Gasteiger partial charge in [-0.15, -0.1) is 16.4 Å². The summed E-state index contributed by atoms with van der Waals surface area (Å²) in [4.78, 5) is 26.6. The maximum atomic E-state index is 12.5. The predicted octanol–water partition coefficient (Wildman–Crippen LogP) is 2.79. The summed E-state index contributed by atoms with van der Waals surface area (Å²) in [5, 5.41) is 10.3. The van der Waals surface area contributed by atoms with Crippen molar-refractivity contribution in [2.45, 2.75) is 39.5 Å². The maximum Gasteiger partial charge on any atom is 0.269 e. The second-order valence-corrected chi connectivity index (χ2v) is 7.28. The number of carbonyl (C=O) groups is 2. The number of hydrogen-bond donors (Lipinski definition) is 2. The molecule has 0 bridgehead atoms. The molecule has 0 aliphatic heterocycles. The number of nitrogens with zero attached hydrogens (tertiary/aromatic N) is 2. The number of aromatic nitrogens is 2. The lowest BCUT2D eigenvalue weighted by Gasteiger charge is -2.12. The summed E-state index contributed by atoms with van der Waals surface area (Å²) in [6, 6.07) is 0. The van der Waals surface area contributed by atoms with Gasteiger partial charge in [-0.2, -0.15) is 0 Å². The lowest BCUT2D eigenvalue weighted by atomic mass is 9.95. The predicted molar refractivity (Wildman–Crippen MR) is 91.6 cm³/mol. The van der Waals surface area contributed by atoms with Gasteiger partial charge in [0.1, 0.15) is 9.88 Å². The van der Waals surface area contributed by atoms with Crippen molar-refractivity contribution in [2.24, 2.45) is 0 Å².